The second-order valence-electron chi connectivity index (χ2n) is 4.67. The largest absolute Gasteiger partial charge is 0.391 e. The maximum Gasteiger partial charge on any atom is 0.0783 e. The highest BCUT2D eigenvalue weighted by molar-refractivity contribution is 9.10. The van der Waals surface area contributed by atoms with E-state index in [1.165, 1.54) is 0 Å². The quantitative estimate of drug-likeness (QED) is 0.803. The van der Waals surface area contributed by atoms with E-state index in [4.69, 9.17) is 0 Å². The minimum atomic E-state index is -1.15. The molecule has 2 atom stereocenters. The standard InChI is InChI=1S/C13H20BrNO2S/c1-10(2)7-15-8-12(16)9-18(17)13-5-3-11(14)4-6-13/h3-6,10,12,15-16H,7-9H2,1-2H3. The van der Waals surface area contributed by atoms with Gasteiger partial charge in [-0.3, -0.25) is 4.21 Å². The van der Waals surface area contributed by atoms with Crippen LogP contribution in [0, 0.1) is 5.92 Å². The molecule has 0 radical (unpaired) electrons. The van der Waals surface area contributed by atoms with Gasteiger partial charge in [-0.05, 0) is 36.7 Å². The number of aliphatic hydroxyl groups excluding tert-OH is 1. The Morgan fingerprint density at radius 1 is 1.28 bits per heavy atom. The Kier molecular flexibility index (Phi) is 7.07. The number of aliphatic hydroxyl groups is 1. The molecule has 0 saturated carbocycles. The van der Waals surface area contributed by atoms with Gasteiger partial charge in [0.25, 0.3) is 0 Å². The van der Waals surface area contributed by atoms with Gasteiger partial charge in [0.1, 0.15) is 0 Å². The van der Waals surface area contributed by atoms with Gasteiger partial charge in [-0.25, -0.2) is 0 Å². The summed E-state index contributed by atoms with van der Waals surface area (Å²) >= 11 is 3.33. The van der Waals surface area contributed by atoms with Crippen LogP contribution in [-0.2, 0) is 10.8 Å². The molecule has 0 fully saturated rings. The fraction of sp³-hybridized carbons (Fsp3) is 0.538. The summed E-state index contributed by atoms with van der Waals surface area (Å²) in [5.41, 5.74) is 0. The van der Waals surface area contributed by atoms with Gasteiger partial charge in [-0.15, -0.1) is 0 Å². The zero-order chi connectivity index (χ0) is 13.5. The van der Waals surface area contributed by atoms with E-state index in [1.807, 2.05) is 24.3 Å². The van der Waals surface area contributed by atoms with Crippen LogP contribution >= 0.6 is 15.9 Å². The molecular formula is C13H20BrNO2S. The zero-order valence-corrected chi connectivity index (χ0v) is 13.1. The molecule has 0 bridgehead atoms. The van der Waals surface area contributed by atoms with Crippen LogP contribution in [-0.4, -0.2) is 34.3 Å². The first-order chi connectivity index (χ1) is 8.49. The van der Waals surface area contributed by atoms with Crippen molar-refractivity contribution in [3.63, 3.8) is 0 Å². The van der Waals surface area contributed by atoms with Crippen LogP contribution in [0.5, 0.6) is 0 Å². The first-order valence-corrected chi connectivity index (χ1v) is 8.13. The Morgan fingerprint density at radius 3 is 2.44 bits per heavy atom. The van der Waals surface area contributed by atoms with E-state index < -0.39 is 16.9 Å². The summed E-state index contributed by atoms with van der Waals surface area (Å²) in [7, 11) is -1.15. The maximum atomic E-state index is 12.0. The molecule has 0 heterocycles. The van der Waals surface area contributed by atoms with Crippen molar-refractivity contribution in [2.24, 2.45) is 5.92 Å². The Morgan fingerprint density at radius 2 is 1.89 bits per heavy atom. The first kappa shape index (κ1) is 15.8. The van der Waals surface area contributed by atoms with Gasteiger partial charge in [0, 0.05) is 15.9 Å². The van der Waals surface area contributed by atoms with Crippen LogP contribution in [0.2, 0.25) is 0 Å². The molecule has 3 nitrogen and oxygen atoms in total. The highest BCUT2D eigenvalue weighted by Gasteiger charge is 2.11. The second kappa shape index (κ2) is 8.04. The van der Waals surface area contributed by atoms with E-state index >= 15 is 0 Å². The summed E-state index contributed by atoms with van der Waals surface area (Å²) in [6, 6.07) is 7.34. The van der Waals surface area contributed by atoms with Crippen molar-refractivity contribution in [2.45, 2.75) is 24.8 Å². The van der Waals surface area contributed by atoms with Crippen molar-refractivity contribution < 1.29 is 9.32 Å². The predicted molar refractivity (Wildman–Crippen MR) is 79.1 cm³/mol. The molecule has 2 N–H and O–H groups in total. The molecule has 1 rings (SSSR count). The van der Waals surface area contributed by atoms with Crippen molar-refractivity contribution in [3.8, 4) is 0 Å². The topological polar surface area (TPSA) is 49.3 Å². The maximum absolute atomic E-state index is 12.0. The summed E-state index contributed by atoms with van der Waals surface area (Å²) in [6.07, 6.45) is -0.576. The van der Waals surface area contributed by atoms with Crippen molar-refractivity contribution in [2.75, 3.05) is 18.8 Å². The molecule has 0 aliphatic rings. The third-order valence-electron chi connectivity index (χ3n) is 2.35. The predicted octanol–water partition coefficient (Wildman–Crippen LogP) is 2.16. The normalized spacial score (nSPS) is 14.7. The summed E-state index contributed by atoms with van der Waals surface area (Å²) in [4.78, 5) is 0.751. The monoisotopic (exact) mass is 333 g/mol. The fourth-order valence-corrected chi connectivity index (χ4v) is 2.82. The molecule has 0 amide bonds. The van der Waals surface area contributed by atoms with Crippen LogP contribution in [0.3, 0.4) is 0 Å². The van der Waals surface area contributed by atoms with Gasteiger partial charge in [-0.1, -0.05) is 29.8 Å². The molecule has 0 aliphatic carbocycles. The van der Waals surface area contributed by atoms with Gasteiger partial charge in [0.2, 0.25) is 0 Å². The Bertz CT molecular complexity index is 381. The Labute approximate surface area is 120 Å². The molecule has 102 valence electrons. The number of rotatable bonds is 7. The molecule has 0 aromatic heterocycles. The first-order valence-electron chi connectivity index (χ1n) is 6.01. The number of halogens is 1. The van der Waals surface area contributed by atoms with Crippen molar-refractivity contribution in [1.29, 1.82) is 0 Å². The lowest BCUT2D eigenvalue weighted by Crippen LogP contribution is -2.32. The number of benzene rings is 1. The summed E-state index contributed by atoms with van der Waals surface area (Å²) in [5.74, 6) is 0.821. The lowest BCUT2D eigenvalue weighted by molar-refractivity contribution is 0.193. The van der Waals surface area contributed by atoms with Gasteiger partial charge in [-0.2, -0.15) is 0 Å². The molecule has 18 heavy (non-hydrogen) atoms. The Balaban J connectivity index is 2.37. The molecule has 0 aliphatic heterocycles. The molecule has 2 unspecified atom stereocenters. The van der Waals surface area contributed by atoms with E-state index in [1.54, 1.807) is 0 Å². The van der Waals surface area contributed by atoms with E-state index in [0.717, 1.165) is 15.9 Å². The third-order valence-corrected chi connectivity index (χ3v) is 4.37. The number of hydrogen-bond donors (Lipinski definition) is 2. The van der Waals surface area contributed by atoms with Crippen molar-refractivity contribution in [1.82, 2.24) is 5.32 Å². The van der Waals surface area contributed by atoms with Crippen LogP contribution in [0.4, 0.5) is 0 Å². The minimum absolute atomic E-state index is 0.271. The molecule has 5 heteroatoms. The van der Waals surface area contributed by atoms with Crippen LogP contribution in [0.25, 0.3) is 0 Å². The Hall–Kier alpha value is -0.230. The van der Waals surface area contributed by atoms with Crippen molar-refractivity contribution in [3.05, 3.63) is 28.7 Å². The number of hydrogen-bond acceptors (Lipinski definition) is 3. The molecule has 0 spiro atoms. The van der Waals surface area contributed by atoms with Crippen LogP contribution < -0.4 is 5.32 Å². The lowest BCUT2D eigenvalue weighted by atomic mass is 10.2. The fourth-order valence-electron chi connectivity index (χ4n) is 1.45. The van der Waals surface area contributed by atoms with Crippen LogP contribution in [0.1, 0.15) is 13.8 Å². The zero-order valence-electron chi connectivity index (χ0n) is 10.7. The third kappa shape index (κ3) is 6.09. The SMILES string of the molecule is CC(C)CNCC(O)CS(=O)c1ccc(Br)cc1. The highest BCUT2D eigenvalue weighted by Crippen LogP contribution is 2.13. The molecule has 1 aromatic rings. The molecule has 0 saturated heterocycles. The smallest absolute Gasteiger partial charge is 0.0783 e. The molecule has 1 aromatic carbocycles. The highest BCUT2D eigenvalue weighted by atomic mass is 79.9. The van der Waals surface area contributed by atoms with Crippen molar-refractivity contribution >= 4 is 26.7 Å². The van der Waals surface area contributed by atoms with Gasteiger partial charge in [0.15, 0.2) is 0 Å². The minimum Gasteiger partial charge on any atom is -0.391 e. The summed E-state index contributed by atoms with van der Waals surface area (Å²) in [6.45, 7) is 5.57. The van der Waals surface area contributed by atoms with Gasteiger partial charge < -0.3 is 10.4 Å². The second-order valence-corrected chi connectivity index (χ2v) is 7.08. The lowest BCUT2D eigenvalue weighted by Gasteiger charge is -2.13. The van der Waals surface area contributed by atoms with E-state index in [9.17, 15) is 9.32 Å². The summed E-state index contributed by atoms with van der Waals surface area (Å²) in [5, 5.41) is 12.9. The van der Waals surface area contributed by atoms with E-state index in [0.29, 0.717) is 12.5 Å². The molecular weight excluding hydrogens is 314 g/mol. The van der Waals surface area contributed by atoms with E-state index in [2.05, 4.69) is 35.1 Å². The average Bonchev–Trinajstić information content (AvgIpc) is 2.29. The van der Waals surface area contributed by atoms with Gasteiger partial charge in [0.05, 0.1) is 22.7 Å². The van der Waals surface area contributed by atoms with E-state index in [-0.39, 0.29) is 5.75 Å². The number of nitrogens with one attached hydrogen (secondary N) is 1. The summed E-state index contributed by atoms with van der Waals surface area (Å²) < 4.78 is 12.9. The average molecular weight is 334 g/mol. The van der Waals surface area contributed by atoms with Gasteiger partial charge >= 0.3 is 0 Å². The van der Waals surface area contributed by atoms with Crippen LogP contribution in [0.15, 0.2) is 33.6 Å².